The van der Waals surface area contributed by atoms with Crippen molar-refractivity contribution in [3.63, 3.8) is 0 Å². The summed E-state index contributed by atoms with van der Waals surface area (Å²) in [7, 11) is 0. The summed E-state index contributed by atoms with van der Waals surface area (Å²) >= 11 is 0. The number of carbonyl (C=O) groups is 1. The molecule has 0 saturated carbocycles. The van der Waals surface area contributed by atoms with Gasteiger partial charge in [-0.15, -0.1) is 0 Å². The maximum atomic E-state index is 11.9. The molecule has 0 amide bonds. The van der Waals surface area contributed by atoms with Gasteiger partial charge in [0.15, 0.2) is 5.60 Å². The number of carboxylic acids is 1. The SMILES string of the molecule is C=C(/C=C(\C=C/CCCC)OC(C)C)CC(O)(C(=O)O)C(N)CCC(CC)CC. The minimum absolute atomic E-state index is 0.0227. The number of ether oxygens (including phenoxy) is 1. The molecule has 0 fully saturated rings. The number of aliphatic carboxylic acids is 1. The molecule has 5 heteroatoms. The lowest BCUT2D eigenvalue weighted by Gasteiger charge is -2.31. The molecule has 0 rings (SSSR count). The average molecular weight is 410 g/mol. The molecule has 0 heterocycles. The van der Waals surface area contributed by atoms with Crippen molar-refractivity contribution in [1.82, 2.24) is 0 Å². The van der Waals surface area contributed by atoms with Crippen LogP contribution in [0.3, 0.4) is 0 Å². The summed E-state index contributed by atoms with van der Waals surface area (Å²) in [6.45, 7) is 14.2. The van der Waals surface area contributed by atoms with Gasteiger partial charge in [0.25, 0.3) is 0 Å². The van der Waals surface area contributed by atoms with Crippen molar-refractivity contribution < 1.29 is 19.7 Å². The van der Waals surface area contributed by atoms with Crippen molar-refractivity contribution in [1.29, 1.82) is 0 Å². The van der Waals surface area contributed by atoms with Gasteiger partial charge >= 0.3 is 5.97 Å². The van der Waals surface area contributed by atoms with Crippen LogP contribution in [0.1, 0.15) is 86.0 Å². The maximum absolute atomic E-state index is 11.9. The molecule has 0 aliphatic rings. The Morgan fingerprint density at radius 2 is 1.83 bits per heavy atom. The average Bonchev–Trinajstić information content (AvgIpc) is 2.64. The largest absolute Gasteiger partial charge is 0.491 e. The molecule has 0 aromatic rings. The standard InChI is InChI=1S/C24H43NO4/c1-7-10-11-12-13-21(29-18(4)5)16-19(6)17-24(28,23(26)27)22(25)15-14-20(8-2)9-3/h12-13,16,18,20,22,28H,6-11,14-15,17,25H2,1-5H3,(H,26,27)/b13-12-,21-16+. The highest BCUT2D eigenvalue weighted by Crippen LogP contribution is 2.26. The Kier molecular flexibility index (Phi) is 13.6. The Bertz CT molecular complexity index is 549. The van der Waals surface area contributed by atoms with Crippen LogP contribution in [0.15, 0.2) is 36.1 Å². The predicted octanol–water partition coefficient (Wildman–Crippen LogP) is 5.35. The monoisotopic (exact) mass is 409 g/mol. The van der Waals surface area contributed by atoms with Gasteiger partial charge in [-0.1, -0.05) is 59.1 Å². The molecule has 168 valence electrons. The van der Waals surface area contributed by atoms with E-state index in [-0.39, 0.29) is 12.5 Å². The minimum atomic E-state index is -2.05. The van der Waals surface area contributed by atoms with E-state index in [1.54, 1.807) is 6.08 Å². The molecule has 0 aliphatic heterocycles. The fourth-order valence-corrected chi connectivity index (χ4v) is 3.23. The molecule has 29 heavy (non-hydrogen) atoms. The number of nitrogens with two attached hydrogens (primary N) is 1. The van der Waals surface area contributed by atoms with Crippen molar-refractivity contribution in [3.8, 4) is 0 Å². The molecule has 0 saturated heterocycles. The van der Waals surface area contributed by atoms with Gasteiger partial charge in [-0.05, 0) is 56.8 Å². The Balaban J connectivity index is 5.29. The van der Waals surface area contributed by atoms with E-state index in [9.17, 15) is 15.0 Å². The van der Waals surface area contributed by atoms with Crippen molar-refractivity contribution in [3.05, 3.63) is 36.1 Å². The molecule has 2 atom stereocenters. The number of hydrogen-bond acceptors (Lipinski definition) is 4. The highest BCUT2D eigenvalue weighted by Gasteiger charge is 2.42. The lowest BCUT2D eigenvalue weighted by Crippen LogP contribution is -2.54. The summed E-state index contributed by atoms with van der Waals surface area (Å²) in [5.74, 6) is -0.213. The summed E-state index contributed by atoms with van der Waals surface area (Å²) in [5.41, 5.74) is 4.57. The maximum Gasteiger partial charge on any atom is 0.337 e. The first kappa shape index (κ1) is 27.4. The Morgan fingerprint density at radius 1 is 1.21 bits per heavy atom. The number of allylic oxidation sites excluding steroid dienone is 3. The van der Waals surface area contributed by atoms with E-state index >= 15 is 0 Å². The summed E-state index contributed by atoms with van der Waals surface area (Å²) in [6, 6.07) is -0.861. The quantitative estimate of drug-likeness (QED) is 0.182. The van der Waals surface area contributed by atoms with Gasteiger partial charge < -0.3 is 20.7 Å². The molecule has 0 bridgehead atoms. The first-order valence-corrected chi connectivity index (χ1v) is 11.0. The smallest absolute Gasteiger partial charge is 0.337 e. The van der Waals surface area contributed by atoms with E-state index in [0.717, 1.165) is 38.5 Å². The number of unbranched alkanes of at least 4 members (excludes halogenated alkanes) is 2. The second-order valence-corrected chi connectivity index (χ2v) is 8.19. The Morgan fingerprint density at radius 3 is 2.31 bits per heavy atom. The fourth-order valence-electron chi connectivity index (χ4n) is 3.23. The van der Waals surface area contributed by atoms with E-state index < -0.39 is 17.6 Å². The lowest BCUT2D eigenvalue weighted by molar-refractivity contribution is -0.161. The van der Waals surface area contributed by atoms with Gasteiger partial charge in [-0.25, -0.2) is 4.79 Å². The normalized spacial score (nSPS) is 15.7. The number of aliphatic hydroxyl groups is 1. The van der Waals surface area contributed by atoms with Crippen LogP contribution in [0, 0.1) is 5.92 Å². The van der Waals surface area contributed by atoms with Gasteiger partial charge in [0.1, 0.15) is 5.76 Å². The molecular formula is C24H43NO4. The minimum Gasteiger partial charge on any atom is -0.491 e. The summed E-state index contributed by atoms with van der Waals surface area (Å²) < 4.78 is 5.80. The van der Waals surface area contributed by atoms with Crippen LogP contribution in [0.25, 0.3) is 0 Å². The van der Waals surface area contributed by atoms with Gasteiger partial charge in [0.05, 0.1) is 6.10 Å². The third kappa shape index (κ3) is 10.7. The molecule has 2 unspecified atom stereocenters. The molecule has 0 radical (unpaired) electrons. The van der Waals surface area contributed by atoms with Gasteiger partial charge in [-0.3, -0.25) is 0 Å². The molecule has 0 aliphatic carbocycles. The van der Waals surface area contributed by atoms with Crippen LogP contribution in [0.5, 0.6) is 0 Å². The van der Waals surface area contributed by atoms with E-state index in [0.29, 0.717) is 23.7 Å². The van der Waals surface area contributed by atoms with Crippen LogP contribution >= 0.6 is 0 Å². The summed E-state index contributed by atoms with van der Waals surface area (Å²) in [4.78, 5) is 11.9. The highest BCUT2D eigenvalue weighted by molar-refractivity contribution is 5.78. The molecule has 5 nitrogen and oxygen atoms in total. The first-order chi connectivity index (χ1) is 13.6. The van der Waals surface area contributed by atoms with Crippen LogP contribution in [0.4, 0.5) is 0 Å². The topological polar surface area (TPSA) is 92.8 Å². The number of carboxylic acid groups (broad SMARTS) is 1. The third-order valence-corrected chi connectivity index (χ3v) is 5.25. The van der Waals surface area contributed by atoms with Crippen LogP contribution in [0.2, 0.25) is 0 Å². The zero-order valence-corrected chi connectivity index (χ0v) is 19.1. The molecule has 0 spiro atoms. The van der Waals surface area contributed by atoms with Crippen molar-refractivity contribution in [2.75, 3.05) is 0 Å². The molecule has 0 aromatic heterocycles. The lowest BCUT2D eigenvalue weighted by atomic mass is 9.83. The number of hydrogen-bond donors (Lipinski definition) is 3. The predicted molar refractivity (Wildman–Crippen MR) is 121 cm³/mol. The van der Waals surface area contributed by atoms with Gasteiger partial charge in [0, 0.05) is 12.5 Å². The van der Waals surface area contributed by atoms with E-state index in [1.807, 2.05) is 26.0 Å². The molecular weight excluding hydrogens is 366 g/mol. The van der Waals surface area contributed by atoms with Crippen molar-refractivity contribution >= 4 is 5.97 Å². The molecule has 0 aromatic carbocycles. The Labute approximate surface area is 177 Å². The first-order valence-electron chi connectivity index (χ1n) is 11.0. The van der Waals surface area contributed by atoms with E-state index in [2.05, 4.69) is 27.4 Å². The Hall–Kier alpha value is -1.59. The highest BCUT2D eigenvalue weighted by atomic mass is 16.5. The van der Waals surface area contributed by atoms with Crippen molar-refractivity contribution in [2.24, 2.45) is 11.7 Å². The molecule has 4 N–H and O–H groups in total. The van der Waals surface area contributed by atoms with Crippen LogP contribution in [-0.2, 0) is 9.53 Å². The number of rotatable bonds is 16. The second kappa shape index (κ2) is 14.4. The third-order valence-electron chi connectivity index (χ3n) is 5.25. The fraction of sp³-hybridized carbons (Fsp3) is 0.708. The van der Waals surface area contributed by atoms with Crippen molar-refractivity contribution in [2.45, 2.75) is 104 Å². The zero-order chi connectivity index (χ0) is 22.4. The second-order valence-electron chi connectivity index (χ2n) is 8.19. The zero-order valence-electron chi connectivity index (χ0n) is 19.1. The van der Waals surface area contributed by atoms with Crippen LogP contribution < -0.4 is 5.73 Å². The van der Waals surface area contributed by atoms with E-state index in [1.165, 1.54) is 0 Å². The van der Waals surface area contributed by atoms with Gasteiger partial charge in [-0.2, -0.15) is 0 Å². The van der Waals surface area contributed by atoms with Gasteiger partial charge in [0.2, 0.25) is 0 Å². The summed E-state index contributed by atoms with van der Waals surface area (Å²) in [5, 5.41) is 20.5. The van der Waals surface area contributed by atoms with Crippen LogP contribution in [-0.4, -0.2) is 33.9 Å². The van der Waals surface area contributed by atoms with E-state index in [4.69, 9.17) is 10.5 Å². The summed E-state index contributed by atoms with van der Waals surface area (Å²) in [6.07, 6.45) is 11.9.